The van der Waals surface area contributed by atoms with Crippen LogP contribution in [-0.4, -0.2) is 125 Å². The van der Waals surface area contributed by atoms with Crippen molar-refractivity contribution in [3.05, 3.63) is 121 Å². The maximum atomic E-state index is 14.6. The van der Waals surface area contributed by atoms with E-state index in [1.807, 2.05) is 4.57 Å². The highest BCUT2D eigenvalue weighted by atomic mass is 35.5. The Morgan fingerprint density at radius 3 is 2.35 bits per heavy atom. The third kappa shape index (κ3) is 9.87. The quantitative estimate of drug-likeness (QED) is 0.0777. The third-order valence-corrected chi connectivity index (χ3v) is 12.9. The molecule has 1 saturated heterocycles. The number of nitrogens with zero attached hydrogens (tertiary/aromatic N) is 10. The predicted molar refractivity (Wildman–Crippen MR) is 261 cm³/mol. The average Bonchev–Trinajstić information content (AvgIpc) is 4.15. The standard InChI is InChI=1S/C48H45Cl2N13O11/c1-59-22-27(50)20-32(45(59)69)62-38(25-10-12-26(49)13-11-25)39-37(47(62)71)55-40(29-21-53-48(73-3)56-43(29)72-2)61(39)19-7-18-60-23-30(57-58-60)41(66)52-17-5-4-16-51-35(65)24-74-33-9-6-8-28-36(33)46(70)63(44(28)68)31-14-15-34(64)54-42(31)67/h6,8-13,20-23,31,38H,4-5,7,14-19,24H2,1-3H3,(H,51,65)(H,52,66)(H,54,64,67)/t31?,38-/m0/s1. The van der Waals surface area contributed by atoms with Gasteiger partial charge in [0.2, 0.25) is 17.7 Å². The Hall–Kier alpha value is -8.51. The van der Waals surface area contributed by atoms with Gasteiger partial charge in [-0.25, -0.2) is 9.97 Å². The smallest absolute Gasteiger partial charge is 0.319 e. The van der Waals surface area contributed by atoms with E-state index in [1.54, 1.807) is 31.3 Å². The Labute approximate surface area is 429 Å². The van der Waals surface area contributed by atoms with Gasteiger partial charge in [0.15, 0.2) is 18.0 Å². The lowest BCUT2D eigenvalue weighted by Crippen LogP contribution is -2.54. The summed E-state index contributed by atoms with van der Waals surface area (Å²) in [5.41, 5.74) is 1.14. The fraction of sp³-hybridized carbons (Fsp3) is 0.312. The van der Waals surface area contributed by atoms with Crippen LogP contribution in [0, 0.1) is 0 Å². The summed E-state index contributed by atoms with van der Waals surface area (Å²) in [6.07, 6.45) is 5.77. The Morgan fingerprint density at radius 1 is 0.838 bits per heavy atom. The van der Waals surface area contributed by atoms with Gasteiger partial charge >= 0.3 is 6.01 Å². The first-order chi connectivity index (χ1) is 35.7. The number of piperidine rings is 1. The summed E-state index contributed by atoms with van der Waals surface area (Å²) in [6, 6.07) is 10.7. The number of imidazole rings is 1. The molecule has 74 heavy (non-hydrogen) atoms. The van der Waals surface area contributed by atoms with Crippen molar-refractivity contribution in [2.45, 2.75) is 57.3 Å². The van der Waals surface area contributed by atoms with Crippen molar-refractivity contribution in [3.63, 3.8) is 0 Å². The van der Waals surface area contributed by atoms with Crippen LogP contribution in [0.3, 0.4) is 0 Å². The first-order valence-electron chi connectivity index (χ1n) is 23.1. The molecule has 3 aliphatic heterocycles. The number of carbonyl (C=O) groups is 7. The molecule has 0 spiro atoms. The van der Waals surface area contributed by atoms with E-state index in [0.29, 0.717) is 46.9 Å². The molecule has 0 bridgehead atoms. The SMILES string of the molecule is COc1ncc(-c2nc3c(n2CCCn2cc(C(=O)NCCCCNC(=O)COc4cccc5c4C(=O)N(C4CCC(=O)NC4=O)C5=O)nn2)[C@H](c2ccc(Cl)cc2)N(c2cc(Cl)cn(C)c2=O)C3=O)c(OC)n1. The van der Waals surface area contributed by atoms with Gasteiger partial charge < -0.3 is 34.0 Å². The van der Waals surface area contributed by atoms with Gasteiger partial charge in [0, 0.05) is 57.1 Å². The molecule has 3 N–H and O–H groups in total. The minimum Gasteiger partial charge on any atom is -0.483 e. The molecular formula is C48H45Cl2N13O11. The van der Waals surface area contributed by atoms with Crippen LogP contribution in [0.25, 0.3) is 11.4 Å². The second kappa shape index (κ2) is 21.3. The van der Waals surface area contributed by atoms with E-state index in [4.69, 9.17) is 42.4 Å². The number of ether oxygens (including phenoxy) is 3. The molecule has 26 heteroatoms. The van der Waals surface area contributed by atoms with Gasteiger partial charge in [0.05, 0.1) is 47.8 Å². The van der Waals surface area contributed by atoms with Gasteiger partial charge in [-0.15, -0.1) is 5.10 Å². The number of amides is 7. The fourth-order valence-corrected chi connectivity index (χ4v) is 9.32. The molecule has 0 radical (unpaired) electrons. The number of carbonyl (C=O) groups excluding carboxylic acids is 7. The lowest BCUT2D eigenvalue weighted by Gasteiger charge is -2.27. The molecule has 2 aromatic carbocycles. The van der Waals surface area contributed by atoms with E-state index in [1.165, 1.54) is 71.2 Å². The van der Waals surface area contributed by atoms with Gasteiger partial charge in [-0.3, -0.25) is 58.2 Å². The Balaban J connectivity index is 0.813. The van der Waals surface area contributed by atoms with Gasteiger partial charge in [0.25, 0.3) is 35.1 Å². The molecule has 4 aromatic heterocycles. The topological polar surface area (TPSA) is 286 Å². The zero-order valence-electron chi connectivity index (χ0n) is 39.8. The number of hydrogen-bond acceptors (Lipinski definition) is 16. The zero-order valence-corrected chi connectivity index (χ0v) is 41.3. The molecule has 24 nitrogen and oxygen atoms in total. The van der Waals surface area contributed by atoms with E-state index in [2.05, 4.69) is 36.2 Å². The number of nitrogens with one attached hydrogen (secondary N) is 3. The first-order valence-corrected chi connectivity index (χ1v) is 23.9. The van der Waals surface area contributed by atoms with Crippen molar-refractivity contribution in [1.29, 1.82) is 0 Å². The number of anilines is 1. The predicted octanol–water partition coefficient (Wildman–Crippen LogP) is 2.90. The van der Waals surface area contributed by atoms with Crippen molar-refractivity contribution in [2.75, 3.05) is 38.8 Å². The van der Waals surface area contributed by atoms with Crippen LogP contribution in [-0.2, 0) is 34.5 Å². The minimum absolute atomic E-state index is 0.000379. The van der Waals surface area contributed by atoms with Crippen LogP contribution in [0.4, 0.5) is 5.69 Å². The molecule has 7 amide bonds. The van der Waals surface area contributed by atoms with Crippen molar-refractivity contribution in [2.24, 2.45) is 7.05 Å². The maximum absolute atomic E-state index is 14.6. The number of rotatable bonds is 19. The molecule has 382 valence electrons. The van der Waals surface area contributed by atoms with Gasteiger partial charge in [-0.2, -0.15) is 4.98 Å². The second-order valence-electron chi connectivity index (χ2n) is 17.1. The Kier molecular flexibility index (Phi) is 14.5. The molecule has 6 aromatic rings. The first kappa shape index (κ1) is 50.4. The summed E-state index contributed by atoms with van der Waals surface area (Å²) in [5, 5.41) is 16.6. The number of halogens is 2. The summed E-state index contributed by atoms with van der Waals surface area (Å²) in [6.45, 7) is 0.540. The normalized spacial score (nSPS) is 16.0. The van der Waals surface area contributed by atoms with Crippen molar-refractivity contribution in [3.8, 4) is 29.0 Å². The maximum Gasteiger partial charge on any atom is 0.319 e. The molecule has 0 saturated carbocycles. The highest BCUT2D eigenvalue weighted by molar-refractivity contribution is 6.31. The summed E-state index contributed by atoms with van der Waals surface area (Å²) in [7, 11) is 4.39. The summed E-state index contributed by atoms with van der Waals surface area (Å²) >= 11 is 12.8. The van der Waals surface area contributed by atoms with Crippen LogP contribution in [0.15, 0.2) is 71.9 Å². The monoisotopic (exact) mass is 1050 g/mol. The van der Waals surface area contributed by atoms with E-state index in [9.17, 15) is 38.4 Å². The van der Waals surface area contributed by atoms with Gasteiger partial charge in [-0.05, 0) is 61.6 Å². The number of aryl methyl sites for hydroxylation is 2. The molecule has 7 heterocycles. The van der Waals surface area contributed by atoms with Crippen molar-refractivity contribution >= 4 is 70.2 Å². The number of benzene rings is 2. The van der Waals surface area contributed by atoms with E-state index < -0.39 is 65.6 Å². The minimum atomic E-state index is -1.15. The van der Waals surface area contributed by atoms with E-state index in [0.717, 1.165) is 4.90 Å². The Bertz CT molecular complexity index is 3320. The fourth-order valence-electron chi connectivity index (χ4n) is 8.94. The molecule has 9 rings (SSSR count). The number of imide groups is 2. The van der Waals surface area contributed by atoms with Crippen molar-refractivity contribution in [1.82, 2.24) is 59.9 Å². The summed E-state index contributed by atoms with van der Waals surface area (Å²) < 4.78 is 21.2. The van der Waals surface area contributed by atoms with Crippen LogP contribution < -0.4 is 40.6 Å². The largest absolute Gasteiger partial charge is 0.483 e. The summed E-state index contributed by atoms with van der Waals surface area (Å²) in [5.74, 6) is -3.75. The molecule has 3 aliphatic rings. The van der Waals surface area contributed by atoms with Crippen LogP contribution in [0.5, 0.6) is 17.6 Å². The molecule has 1 fully saturated rings. The number of unbranched alkanes of at least 4 members (excludes halogenated alkanes) is 1. The molecule has 1 unspecified atom stereocenters. The van der Waals surface area contributed by atoms with Crippen LogP contribution >= 0.6 is 23.2 Å². The molecule has 0 aliphatic carbocycles. The van der Waals surface area contributed by atoms with Crippen molar-refractivity contribution < 1.29 is 47.8 Å². The third-order valence-electron chi connectivity index (χ3n) is 12.4. The van der Waals surface area contributed by atoms with E-state index in [-0.39, 0.29) is 89.9 Å². The number of fused-ring (bicyclic) bond motifs is 2. The number of hydrogen-bond donors (Lipinski definition) is 3. The molecule has 2 atom stereocenters. The summed E-state index contributed by atoms with van der Waals surface area (Å²) in [4.78, 5) is 120. The van der Waals surface area contributed by atoms with Crippen LogP contribution in [0.2, 0.25) is 10.0 Å². The van der Waals surface area contributed by atoms with Crippen LogP contribution in [0.1, 0.15) is 91.1 Å². The highest BCUT2D eigenvalue weighted by Crippen LogP contribution is 2.44. The number of methoxy groups -OCH3 is 2. The average molecular weight is 1050 g/mol. The number of pyridine rings is 1. The Morgan fingerprint density at radius 2 is 1.61 bits per heavy atom. The highest BCUT2D eigenvalue weighted by Gasteiger charge is 2.47. The molecular weight excluding hydrogens is 1010 g/mol. The van der Waals surface area contributed by atoms with Gasteiger partial charge in [0.1, 0.15) is 29.3 Å². The lowest BCUT2D eigenvalue weighted by atomic mass is 10.0. The zero-order chi connectivity index (χ0) is 52.4. The second-order valence-corrected chi connectivity index (χ2v) is 18.0. The number of aromatic nitrogens is 8. The lowest BCUT2D eigenvalue weighted by molar-refractivity contribution is -0.136. The van der Waals surface area contributed by atoms with E-state index >= 15 is 0 Å². The van der Waals surface area contributed by atoms with Gasteiger partial charge in [-0.1, -0.05) is 46.6 Å².